The van der Waals surface area contributed by atoms with E-state index >= 15 is 0 Å². The summed E-state index contributed by atoms with van der Waals surface area (Å²) in [6, 6.07) is 15.4. The number of benzene rings is 2. The molecule has 0 saturated carbocycles. The maximum atomic E-state index is 12.6. The van der Waals surface area contributed by atoms with Gasteiger partial charge in [0.25, 0.3) is 0 Å². The van der Waals surface area contributed by atoms with Crippen molar-refractivity contribution in [1.29, 1.82) is 0 Å². The Hall–Kier alpha value is -2.83. The molecule has 33 heavy (non-hydrogen) atoms. The van der Waals surface area contributed by atoms with Crippen molar-refractivity contribution < 1.29 is 14.3 Å². The standard InChI is InChI=1S/C24H14Cl4N2O3/c1-32-24(31)20-10-19(13-2-4-14(25)5-3-13)22(18-7-6-15(26)9-21(18)28)30-23(20)33-17-8-16(27)11-29-12-17/h2-12H,1H3. The van der Waals surface area contributed by atoms with Crippen molar-refractivity contribution in [2.45, 2.75) is 0 Å². The Bertz CT molecular complexity index is 1340. The van der Waals surface area contributed by atoms with Crippen LogP contribution in [0.25, 0.3) is 22.4 Å². The molecule has 0 radical (unpaired) electrons. The largest absolute Gasteiger partial charge is 0.465 e. The van der Waals surface area contributed by atoms with Gasteiger partial charge in [0.2, 0.25) is 5.88 Å². The summed E-state index contributed by atoms with van der Waals surface area (Å²) in [6.45, 7) is 0. The normalized spacial score (nSPS) is 10.7. The molecule has 9 heteroatoms. The van der Waals surface area contributed by atoms with Gasteiger partial charge in [0.15, 0.2) is 0 Å². The number of carbonyl (C=O) groups excluding carboxylic acids is 1. The predicted molar refractivity (Wildman–Crippen MR) is 131 cm³/mol. The van der Waals surface area contributed by atoms with Crippen LogP contribution in [0.5, 0.6) is 11.6 Å². The summed E-state index contributed by atoms with van der Waals surface area (Å²) in [4.78, 5) is 21.3. The molecule has 0 spiro atoms. The third-order valence-electron chi connectivity index (χ3n) is 4.63. The lowest BCUT2D eigenvalue weighted by Gasteiger charge is -2.16. The number of rotatable bonds is 5. The fraction of sp³-hybridized carbons (Fsp3) is 0.0417. The van der Waals surface area contributed by atoms with E-state index in [1.54, 1.807) is 42.5 Å². The molecule has 0 saturated heterocycles. The van der Waals surface area contributed by atoms with Crippen LogP contribution < -0.4 is 4.74 Å². The van der Waals surface area contributed by atoms with Gasteiger partial charge in [-0.25, -0.2) is 9.78 Å². The third kappa shape index (κ3) is 5.23. The fourth-order valence-corrected chi connectivity index (χ4v) is 3.91. The molecule has 0 N–H and O–H groups in total. The second-order valence-corrected chi connectivity index (χ2v) is 8.52. The first-order chi connectivity index (χ1) is 15.9. The molecule has 2 heterocycles. The number of hydrogen-bond acceptors (Lipinski definition) is 5. The van der Waals surface area contributed by atoms with Gasteiger partial charge in [-0.15, -0.1) is 0 Å². The minimum absolute atomic E-state index is 0.00430. The van der Waals surface area contributed by atoms with E-state index in [9.17, 15) is 4.79 Å². The number of ether oxygens (including phenoxy) is 2. The van der Waals surface area contributed by atoms with E-state index in [4.69, 9.17) is 55.9 Å². The van der Waals surface area contributed by atoms with Gasteiger partial charge in [0.1, 0.15) is 11.3 Å². The molecule has 5 nitrogen and oxygen atoms in total. The van der Waals surface area contributed by atoms with E-state index in [1.807, 2.05) is 12.1 Å². The van der Waals surface area contributed by atoms with Gasteiger partial charge in [0.05, 0.1) is 29.0 Å². The Balaban J connectivity index is 1.98. The number of methoxy groups -OCH3 is 1. The number of aromatic nitrogens is 2. The second-order valence-electron chi connectivity index (χ2n) is 6.80. The lowest BCUT2D eigenvalue weighted by molar-refractivity contribution is 0.0597. The third-order valence-corrected chi connectivity index (χ3v) is 5.64. The summed E-state index contributed by atoms with van der Waals surface area (Å²) in [5.74, 6) is -0.325. The molecule has 4 rings (SSSR count). The molecule has 4 aromatic rings. The van der Waals surface area contributed by atoms with Gasteiger partial charge < -0.3 is 9.47 Å². The Labute approximate surface area is 209 Å². The molecular weight excluding hydrogens is 506 g/mol. The SMILES string of the molecule is COC(=O)c1cc(-c2ccc(Cl)cc2)c(-c2ccc(Cl)cc2Cl)nc1Oc1cncc(Cl)c1. The molecule has 2 aromatic heterocycles. The van der Waals surface area contributed by atoms with Gasteiger partial charge in [-0.2, -0.15) is 0 Å². The molecule has 0 aliphatic carbocycles. The summed E-state index contributed by atoms with van der Waals surface area (Å²) in [7, 11) is 1.28. The lowest BCUT2D eigenvalue weighted by Crippen LogP contribution is -2.07. The molecule has 166 valence electrons. The van der Waals surface area contributed by atoms with Crippen molar-refractivity contribution in [2.24, 2.45) is 0 Å². The number of hydrogen-bond donors (Lipinski definition) is 0. The summed E-state index contributed by atoms with van der Waals surface area (Å²) >= 11 is 24.7. The molecule has 0 amide bonds. The first kappa shape index (κ1) is 23.3. The number of carbonyl (C=O) groups is 1. The maximum Gasteiger partial charge on any atom is 0.343 e. The van der Waals surface area contributed by atoms with E-state index < -0.39 is 5.97 Å². The van der Waals surface area contributed by atoms with Crippen LogP contribution >= 0.6 is 46.4 Å². The summed E-state index contributed by atoms with van der Waals surface area (Å²) in [5.41, 5.74) is 2.55. The van der Waals surface area contributed by atoms with Gasteiger partial charge in [-0.05, 0) is 42.0 Å². The van der Waals surface area contributed by atoms with Crippen molar-refractivity contribution in [1.82, 2.24) is 9.97 Å². The van der Waals surface area contributed by atoms with Crippen LogP contribution in [-0.4, -0.2) is 23.0 Å². The van der Waals surface area contributed by atoms with Gasteiger partial charge >= 0.3 is 5.97 Å². The maximum absolute atomic E-state index is 12.6. The van der Waals surface area contributed by atoms with Crippen molar-refractivity contribution in [2.75, 3.05) is 7.11 Å². The van der Waals surface area contributed by atoms with Crippen molar-refractivity contribution in [3.63, 3.8) is 0 Å². The molecule has 0 aliphatic rings. The number of nitrogens with zero attached hydrogens (tertiary/aromatic N) is 2. The average Bonchev–Trinajstić information content (AvgIpc) is 2.79. The quantitative estimate of drug-likeness (QED) is 0.250. The molecule has 0 bridgehead atoms. The monoisotopic (exact) mass is 518 g/mol. The van der Waals surface area contributed by atoms with Gasteiger partial charge in [-0.3, -0.25) is 4.98 Å². The molecule has 0 atom stereocenters. The van der Waals surface area contributed by atoms with Gasteiger partial charge in [-0.1, -0.05) is 58.5 Å². The molecule has 2 aromatic carbocycles. The van der Waals surface area contributed by atoms with Crippen LogP contribution in [0.2, 0.25) is 20.1 Å². The highest BCUT2D eigenvalue weighted by Crippen LogP contribution is 2.40. The minimum atomic E-state index is -0.628. The van der Waals surface area contributed by atoms with Crippen LogP contribution in [0, 0.1) is 0 Å². The number of esters is 1. The fourth-order valence-electron chi connectivity index (χ4n) is 3.13. The van der Waals surface area contributed by atoms with E-state index in [0.29, 0.717) is 42.7 Å². The Morgan fingerprint density at radius 1 is 0.818 bits per heavy atom. The predicted octanol–water partition coefficient (Wildman–Crippen LogP) is 8.00. The summed E-state index contributed by atoms with van der Waals surface area (Å²) in [5, 5.41) is 1.79. The molecule has 0 aliphatic heterocycles. The van der Waals surface area contributed by atoms with E-state index in [0.717, 1.165) is 5.56 Å². The van der Waals surface area contributed by atoms with E-state index in [2.05, 4.69) is 9.97 Å². The topological polar surface area (TPSA) is 61.3 Å². The highest BCUT2D eigenvalue weighted by Gasteiger charge is 2.23. The zero-order chi connectivity index (χ0) is 23.5. The molecule has 0 fully saturated rings. The summed E-state index contributed by atoms with van der Waals surface area (Å²) in [6.07, 6.45) is 2.92. The number of pyridine rings is 2. The van der Waals surface area contributed by atoms with Crippen LogP contribution in [0.1, 0.15) is 10.4 Å². The Morgan fingerprint density at radius 3 is 2.21 bits per heavy atom. The number of halogens is 4. The molecular formula is C24H14Cl4N2O3. The van der Waals surface area contributed by atoms with Gasteiger partial charge in [0, 0.05) is 33.4 Å². The van der Waals surface area contributed by atoms with Crippen LogP contribution in [0.4, 0.5) is 0 Å². The first-order valence-corrected chi connectivity index (χ1v) is 11.0. The lowest BCUT2D eigenvalue weighted by atomic mass is 9.97. The second kappa shape index (κ2) is 9.98. The highest BCUT2D eigenvalue weighted by molar-refractivity contribution is 6.36. The van der Waals surface area contributed by atoms with Crippen LogP contribution in [0.3, 0.4) is 0 Å². The summed E-state index contributed by atoms with van der Waals surface area (Å²) < 4.78 is 10.9. The van der Waals surface area contributed by atoms with Crippen LogP contribution in [0.15, 0.2) is 67.0 Å². The molecule has 0 unspecified atom stereocenters. The zero-order valence-electron chi connectivity index (χ0n) is 17.0. The highest BCUT2D eigenvalue weighted by atomic mass is 35.5. The average molecular weight is 520 g/mol. The van der Waals surface area contributed by atoms with Crippen molar-refractivity contribution >= 4 is 52.4 Å². The Morgan fingerprint density at radius 2 is 1.55 bits per heavy atom. The Kier molecular flexibility index (Phi) is 7.05. The van der Waals surface area contributed by atoms with Crippen molar-refractivity contribution in [3.05, 3.63) is 92.6 Å². The van der Waals surface area contributed by atoms with E-state index in [1.165, 1.54) is 19.5 Å². The van der Waals surface area contributed by atoms with Crippen LogP contribution in [-0.2, 0) is 4.74 Å². The zero-order valence-corrected chi connectivity index (χ0v) is 20.0. The van der Waals surface area contributed by atoms with E-state index in [-0.39, 0.29) is 11.4 Å². The first-order valence-electron chi connectivity index (χ1n) is 9.49. The minimum Gasteiger partial charge on any atom is -0.465 e. The van der Waals surface area contributed by atoms with Crippen molar-refractivity contribution in [3.8, 4) is 34.0 Å². The smallest absolute Gasteiger partial charge is 0.343 e.